The molecule has 5 aromatic carbocycles. The van der Waals surface area contributed by atoms with Crippen molar-refractivity contribution in [2.45, 2.75) is 29.5 Å². The van der Waals surface area contributed by atoms with E-state index in [1.54, 1.807) is 0 Å². The second-order valence-electron chi connectivity index (χ2n) is 10.7. The summed E-state index contributed by atoms with van der Waals surface area (Å²) in [5.41, 5.74) is -5.11. The van der Waals surface area contributed by atoms with Gasteiger partial charge in [-0.05, 0) is 59.7 Å². The summed E-state index contributed by atoms with van der Waals surface area (Å²) in [6.45, 7) is 0. The number of para-hydroxylation sites is 1. The highest BCUT2D eigenvalue weighted by Gasteiger charge is 2.39. The summed E-state index contributed by atoms with van der Waals surface area (Å²) in [6, 6.07) is 24.6. The smallest absolute Gasteiger partial charge is 0.416 e. The maximum atomic E-state index is 13.3. The Kier molecular flexibility index (Phi) is 11.6. The van der Waals surface area contributed by atoms with Crippen LogP contribution in [0, 0.1) is 0 Å². The van der Waals surface area contributed by atoms with E-state index in [9.17, 15) is 62.9 Å². The summed E-state index contributed by atoms with van der Waals surface area (Å²) in [5.74, 6) is -2.73. The molecule has 0 atom stereocenters. The average Bonchev–Trinajstić information content (AvgIpc) is 3.08. The van der Waals surface area contributed by atoms with Gasteiger partial charge in [0.15, 0.2) is 5.75 Å². The Morgan fingerprint density at radius 1 is 0.596 bits per heavy atom. The van der Waals surface area contributed by atoms with Crippen LogP contribution >= 0.6 is 0 Å². The van der Waals surface area contributed by atoms with Gasteiger partial charge in [0, 0.05) is 0 Å². The fourth-order valence-corrected chi connectivity index (χ4v) is 5.61. The van der Waals surface area contributed by atoms with E-state index in [4.69, 9.17) is 4.74 Å². The van der Waals surface area contributed by atoms with Crippen LogP contribution in [-0.2, 0) is 28.6 Å². The fourth-order valence-electron chi connectivity index (χ4n) is 4.47. The lowest BCUT2D eigenvalue weighted by Crippen LogP contribution is -2.18. The minimum atomic E-state index is -5.41. The van der Waals surface area contributed by atoms with Crippen LogP contribution in [0.15, 0.2) is 126 Å². The van der Waals surface area contributed by atoms with Crippen LogP contribution in [-0.4, -0.2) is 24.6 Å². The molecule has 0 saturated heterocycles. The number of aromatic carboxylic acids is 1. The lowest BCUT2D eigenvalue weighted by atomic mass is 10.0. The number of anilines is 1. The van der Waals surface area contributed by atoms with Crippen molar-refractivity contribution in [2.24, 2.45) is 0 Å². The van der Waals surface area contributed by atoms with Crippen LogP contribution in [0.1, 0.15) is 44.3 Å². The maximum absolute atomic E-state index is 13.3. The Balaban J connectivity index is 0.000000358. The Morgan fingerprint density at radius 3 is 1.52 bits per heavy atom. The predicted molar refractivity (Wildman–Crippen MR) is 169 cm³/mol. The Morgan fingerprint density at radius 2 is 1.06 bits per heavy atom. The number of hydrogen-bond acceptors (Lipinski definition) is 5. The van der Waals surface area contributed by atoms with Crippen molar-refractivity contribution in [2.75, 3.05) is 4.72 Å². The lowest BCUT2D eigenvalue weighted by Gasteiger charge is -2.18. The zero-order valence-electron chi connectivity index (χ0n) is 26.0. The van der Waals surface area contributed by atoms with E-state index in [0.717, 1.165) is 23.3 Å². The number of carbonyl (C=O) groups is 1. The number of nitrogens with one attached hydrogen (secondary N) is 1. The molecule has 3 N–H and O–H groups in total. The molecule has 274 valence electrons. The normalized spacial score (nSPS) is 12.1. The van der Waals surface area contributed by atoms with Gasteiger partial charge in [0.25, 0.3) is 10.0 Å². The average molecular weight is 758 g/mol. The van der Waals surface area contributed by atoms with Crippen molar-refractivity contribution < 1.29 is 67.7 Å². The molecule has 0 heterocycles. The quantitative estimate of drug-likeness (QED) is 0.136. The number of sulfonamides is 1. The first kappa shape index (κ1) is 39.2. The second-order valence-corrected chi connectivity index (χ2v) is 12.4. The van der Waals surface area contributed by atoms with Crippen molar-refractivity contribution in [1.29, 1.82) is 0 Å². The van der Waals surface area contributed by atoms with Crippen LogP contribution in [0.3, 0.4) is 0 Å². The molecule has 0 aliphatic rings. The number of aliphatic hydroxyl groups excluding tert-OH is 1. The van der Waals surface area contributed by atoms with Crippen molar-refractivity contribution in [3.63, 3.8) is 0 Å². The van der Waals surface area contributed by atoms with Crippen LogP contribution in [0.5, 0.6) is 11.5 Å². The summed E-state index contributed by atoms with van der Waals surface area (Å²) in [4.78, 5) is 9.84. The van der Waals surface area contributed by atoms with Gasteiger partial charge in [-0.2, -0.15) is 39.5 Å². The third-order valence-electron chi connectivity index (χ3n) is 6.99. The lowest BCUT2D eigenvalue weighted by molar-refractivity contribution is -0.143. The van der Waals surface area contributed by atoms with Crippen LogP contribution in [0.4, 0.5) is 45.2 Å². The van der Waals surface area contributed by atoms with Gasteiger partial charge >= 0.3 is 24.5 Å². The molecule has 0 radical (unpaired) electrons. The monoisotopic (exact) mass is 757 g/mol. The summed E-state index contributed by atoms with van der Waals surface area (Å²) in [7, 11) is -5.40. The summed E-state index contributed by atoms with van der Waals surface area (Å²) in [6.07, 6.45) is -16.4. The zero-order chi connectivity index (χ0) is 38.5. The van der Waals surface area contributed by atoms with Crippen molar-refractivity contribution in [1.82, 2.24) is 0 Å². The van der Waals surface area contributed by atoms with Crippen LogP contribution in [0.2, 0.25) is 0 Å². The van der Waals surface area contributed by atoms with E-state index in [1.807, 2.05) is 60.7 Å². The SMILES string of the molecule is O=C(O)c1ccccc1Oc1ccc(C(F)(F)F)cc1NS(=O)(=O)c1cc(C(F)(F)F)cc(C(F)(F)F)c1.OC(c1ccccc1)c1ccccc1. The summed E-state index contributed by atoms with van der Waals surface area (Å²) in [5, 5.41) is 19.3. The molecule has 0 aliphatic heterocycles. The zero-order valence-corrected chi connectivity index (χ0v) is 26.8. The van der Waals surface area contributed by atoms with E-state index >= 15 is 0 Å². The summed E-state index contributed by atoms with van der Waals surface area (Å²) >= 11 is 0. The molecule has 17 heteroatoms. The highest BCUT2D eigenvalue weighted by atomic mass is 32.2. The van der Waals surface area contributed by atoms with Gasteiger partial charge in [-0.3, -0.25) is 4.72 Å². The first-order valence-corrected chi connectivity index (χ1v) is 16.0. The molecule has 7 nitrogen and oxygen atoms in total. The highest BCUT2D eigenvalue weighted by Crippen LogP contribution is 2.40. The number of hydrogen-bond donors (Lipinski definition) is 3. The molecule has 5 rings (SSSR count). The molecule has 0 fully saturated rings. The molecule has 0 bridgehead atoms. The fraction of sp³-hybridized carbons (Fsp3) is 0.114. The first-order chi connectivity index (χ1) is 24.2. The van der Waals surface area contributed by atoms with Gasteiger partial charge in [0.05, 0.1) is 27.3 Å². The predicted octanol–water partition coefficient (Wildman–Crippen LogP) is 9.80. The van der Waals surface area contributed by atoms with E-state index in [0.29, 0.717) is 12.1 Å². The number of benzene rings is 5. The number of rotatable bonds is 8. The van der Waals surface area contributed by atoms with Gasteiger partial charge in [-0.15, -0.1) is 0 Å². The minimum Gasteiger partial charge on any atom is -0.478 e. The number of carboxylic acids is 1. The molecule has 52 heavy (non-hydrogen) atoms. The van der Waals surface area contributed by atoms with E-state index < -0.39 is 85.0 Å². The van der Waals surface area contributed by atoms with Crippen LogP contribution < -0.4 is 9.46 Å². The Bertz CT molecular complexity index is 2050. The summed E-state index contributed by atoms with van der Waals surface area (Å²) < 4.78 is 151. The molecule has 0 spiro atoms. The van der Waals surface area contributed by atoms with E-state index in [1.165, 1.54) is 16.9 Å². The Labute approximate surface area is 289 Å². The third kappa shape index (κ3) is 10.0. The standard InChI is InChI=1S/C22H12F9NO5S.C13H12O/c23-20(24,25)11-5-6-18(37-17-4-2-1-3-15(17)19(33)34)16(10-11)32-38(35,36)14-8-12(21(26,27)28)7-13(9-14)22(29,30)31;14-13(11-7-3-1-4-8-11)12-9-5-2-6-10-12/h1-10,32H,(H,33,34);1-10,13-14H. The molecular weight excluding hydrogens is 733 g/mol. The Hall–Kier alpha value is -5.55. The molecule has 0 saturated carbocycles. The molecular formula is C35H24F9NO6S. The first-order valence-electron chi connectivity index (χ1n) is 14.5. The van der Waals surface area contributed by atoms with E-state index in [-0.39, 0.29) is 24.3 Å². The van der Waals surface area contributed by atoms with Gasteiger partial charge in [0.2, 0.25) is 0 Å². The minimum absolute atomic E-state index is 0.133. The second kappa shape index (κ2) is 15.4. The van der Waals surface area contributed by atoms with Crippen molar-refractivity contribution in [3.05, 3.63) is 155 Å². The van der Waals surface area contributed by atoms with Crippen molar-refractivity contribution >= 4 is 21.7 Å². The highest BCUT2D eigenvalue weighted by molar-refractivity contribution is 7.92. The molecule has 0 aromatic heterocycles. The van der Waals surface area contributed by atoms with Gasteiger partial charge in [-0.25, -0.2) is 13.2 Å². The van der Waals surface area contributed by atoms with Gasteiger partial charge in [-0.1, -0.05) is 72.8 Å². The molecule has 5 aromatic rings. The third-order valence-corrected chi connectivity index (χ3v) is 8.34. The number of carboxylic acid groups (broad SMARTS) is 1. The van der Waals surface area contributed by atoms with Gasteiger partial charge < -0.3 is 14.9 Å². The number of halogens is 9. The number of alkyl halides is 9. The van der Waals surface area contributed by atoms with Crippen LogP contribution in [0.25, 0.3) is 0 Å². The topological polar surface area (TPSA) is 113 Å². The number of ether oxygens (including phenoxy) is 1. The largest absolute Gasteiger partial charge is 0.478 e. The van der Waals surface area contributed by atoms with Crippen molar-refractivity contribution in [3.8, 4) is 11.5 Å². The molecule has 0 amide bonds. The molecule has 0 unspecified atom stereocenters. The van der Waals surface area contributed by atoms with E-state index in [2.05, 4.69) is 0 Å². The molecule has 0 aliphatic carbocycles. The van der Waals surface area contributed by atoms with Gasteiger partial charge in [0.1, 0.15) is 17.4 Å². The maximum Gasteiger partial charge on any atom is 0.416 e. The number of aliphatic hydroxyl groups is 1.